The van der Waals surface area contributed by atoms with Gasteiger partial charge in [0.05, 0.1) is 5.69 Å². The summed E-state index contributed by atoms with van der Waals surface area (Å²) in [6.45, 7) is 5.59. The van der Waals surface area contributed by atoms with Crippen LogP contribution < -0.4 is 20.3 Å². The number of hydrogen-bond donors (Lipinski definition) is 2. The van der Waals surface area contributed by atoms with Gasteiger partial charge >= 0.3 is 0 Å². The molecular weight excluding hydrogens is 450 g/mol. The van der Waals surface area contributed by atoms with Crippen LogP contribution in [0.15, 0.2) is 42.5 Å². The van der Waals surface area contributed by atoms with Crippen LogP contribution in [0, 0.1) is 23.7 Å². The monoisotopic (exact) mass is 478 g/mol. The fourth-order valence-corrected chi connectivity index (χ4v) is 4.80. The summed E-state index contributed by atoms with van der Waals surface area (Å²) in [5.41, 5.74) is 3.75. The predicted molar refractivity (Wildman–Crippen MR) is 122 cm³/mol. The third kappa shape index (κ3) is 4.76. The molecule has 2 aliphatic rings. The number of anilines is 1. The maximum atomic E-state index is 14.1. The number of ether oxygens (including phenoxy) is 1. The van der Waals surface area contributed by atoms with Gasteiger partial charge < -0.3 is 25.3 Å². The topological polar surface area (TPSA) is 49.4 Å². The van der Waals surface area contributed by atoms with E-state index in [4.69, 9.17) is 9.72 Å². The first-order chi connectivity index (χ1) is 15.2. The number of aromatic nitrogens is 1. The largest absolute Gasteiger partial charge is 0.492 e. The van der Waals surface area contributed by atoms with Gasteiger partial charge in [-0.15, -0.1) is 18.2 Å². The number of pyridine rings is 1. The number of halogens is 1. The molecule has 5 rings (SSSR count). The summed E-state index contributed by atoms with van der Waals surface area (Å²) in [6, 6.07) is 16.0. The van der Waals surface area contributed by atoms with E-state index in [1.807, 2.05) is 31.3 Å². The molecule has 2 atom stereocenters. The van der Waals surface area contributed by atoms with Crippen molar-refractivity contribution in [2.24, 2.45) is 11.8 Å². The van der Waals surface area contributed by atoms with E-state index in [2.05, 4.69) is 27.7 Å². The molecule has 1 radical (unpaired) electrons. The number of fused-ring (bicyclic) bond motifs is 2. The third-order valence-electron chi connectivity index (χ3n) is 6.47. The first-order valence-electron chi connectivity index (χ1n) is 11.1. The van der Waals surface area contributed by atoms with Crippen molar-refractivity contribution >= 4 is 16.6 Å². The van der Waals surface area contributed by atoms with Crippen molar-refractivity contribution < 1.29 is 25.9 Å². The number of piperidine rings is 1. The molecule has 0 saturated carbocycles. The van der Waals surface area contributed by atoms with Crippen molar-refractivity contribution in [2.45, 2.75) is 6.42 Å². The Bertz CT molecular complexity index is 1050. The number of hydrogen-bond acceptors (Lipinski definition) is 5. The second-order valence-electron chi connectivity index (χ2n) is 8.50. The van der Waals surface area contributed by atoms with E-state index in [9.17, 15) is 4.39 Å². The molecule has 0 bridgehead atoms. The van der Waals surface area contributed by atoms with Gasteiger partial charge in [-0.25, -0.2) is 4.39 Å². The van der Waals surface area contributed by atoms with Crippen LogP contribution >= 0.6 is 0 Å². The molecule has 32 heavy (non-hydrogen) atoms. The standard InChI is InChI=1S/C25H28FN4O.Co/c1-27-10-11-31-21-5-2-17(3-6-21)24-13-25(22-12-20(26)4-7-23(22)29-24)30-15-18-8-9-28-14-19(18)16-30;/h2-3,5-7,12-13,18-19,27-28H,8-11,14-16H2,1H3;/q-1;. The molecule has 2 saturated heterocycles. The van der Waals surface area contributed by atoms with Crippen molar-refractivity contribution in [3.63, 3.8) is 0 Å². The Morgan fingerprint density at radius 1 is 1.22 bits per heavy atom. The minimum atomic E-state index is -0.343. The molecule has 7 heteroatoms. The summed E-state index contributed by atoms with van der Waals surface area (Å²) in [5, 5.41) is 7.45. The molecule has 2 aromatic carbocycles. The molecule has 3 heterocycles. The average molecular weight is 478 g/mol. The maximum Gasteiger partial charge on any atom is 0.119 e. The Balaban J connectivity index is 0.00000245. The van der Waals surface area contributed by atoms with Gasteiger partial charge in [0.2, 0.25) is 0 Å². The predicted octanol–water partition coefficient (Wildman–Crippen LogP) is 3.48. The number of benzene rings is 2. The summed E-state index contributed by atoms with van der Waals surface area (Å²) in [4.78, 5) is 7.25. The molecule has 0 amide bonds. The van der Waals surface area contributed by atoms with Crippen molar-refractivity contribution in [1.29, 1.82) is 0 Å². The molecule has 0 spiro atoms. The van der Waals surface area contributed by atoms with Crippen LogP contribution in [0.5, 0.6) is 5.75 Å². The van der Waals surface area contributed by atoms with Crippen LogP contribution in [0.2, 0.25) is 0 Å². The molecule has 5 nitrogen and oxygen atoms in total. The first-order valence-corrected chi connectivity index (χ1v) is 11.1. The minimum Gasteiger partial charge on any atom is -0.492 e. The summed E-state index contributed by atoms with van der Waals surface area (Å²) in [7, 11) is 1.91. The molecule has 0 aliphatic carbocycles. The van der Waals surface area contributed by atoms with Crippen LogP contribution in [-0.4, -0.2) is 51.4 Å². The zero-order valence-corrected chi connectivity index (χ0v) is 19.2. The quantitative estimate of drug-likeness (QED) is 0.420. The number of likely N-dealkylation sites (N-methyl/N-ethyl adjacent to an activating group) is 1. The molecule has 2 unspecified atom stereocenters. The third-order valence-corrected chi connectivity index (χ3v) is 6.47. The van der Waals surface area contributed by atoms with Gasteiger partial charge in [0.15, 0.2) is 0 Å². The van der Waals surface area contributed by atoms with Gasteiger partial charge in [-0.05, 0) is 79.8 Å². The van der Waals surface area contributed by atoms with Crippen LogP contribution in [-0.2, 0) is 16.8 Å². The Kier molecular flexibility index (Phi) is 7.30. The van der Waals surface area contributed by atoms with E-state index in [1.165, 1.54) is 6.42 Å². The maximum absolute atomic E-state index is 14.1. The SMILES string of the molecule is CNCCOc1ccc(-c2cc(N3CC4CCNCC4C3)c3cc(F)[c-]cc3n2)cc1.[Co]. The van der Waals surface area contributed by atoms with Gasteiger partial charge in [-0.3, -0.25) is 0 Å². The van der Waals surface area contributed by atoms with E-state index in [1.54, 1.807) is 12.1 Å². The van der Waals surface area contributed by atoms with E-state index in [0.29, 0.717) is 18.4 Å². The van der Waals surface area contributed by atoms with Crippen LogP contribution in [0.3, 0.4) is 0 Å². The average Bonchev–Trinajstić information content (AvgIpc) is 3.23. The summed E-state index contributed by atoms with van der Waals surface area (Å²) < 4.78 is 19.8. The fraction of sp³-hybridized carbons (Fsp3) is 0.400. The Morgan fingerprint density at radius 2 is 2.03 bits per heavy atom. The van der Waals surface area contributed by atoms with E-state index in [0.717, 1.165) is 66.3 Å². The number of nitrogens with one attached hydrogen (secondary N) is 2. The van der Waals surface area contributed by atoms with Gasteiger partial charge in [0, 0.05) is 47.9 Å². The molecular formula is C25H28CoFN4O-. The number of rotatable bonds is 6. The Labute approximate surface area is 198 Å². The van der Waals surface area contributed by atoms with Gasteiger partial charge in [-0.2, -0.15) is 0 Å². The molecule has 2 fully saturated rings. The Hall–Kier alpha value is -2.19. The van der Waals surface area contributed by atoms with E-state index < -0.39 is 0 Å². The molecule has 171 valence electrons. The van der Waals surface area contributed by atoms with Crippen molar-refractivity contribution in [3.8, 4) is 17.0 Å². The first kappa shape index (κ1) is 23.0. The molecule has 2 N–H and O–H groups in total. The zero-order chi connectivity index (χ0) is 21.2. The fourth-order valence-electron chi connectivity index (χ4n) is 4.80. The second kappa shape index (κ2) is 10.2. The summed E-state index contributed by atoms with van der Waals surface area (Å²) in [6.07, 6.45) is 1.20. The Morgan fingerprint density at radius 3 is 2.81 bits per heavy atom. The van der Waals surface area contributed by atoms with Crippen LogP contribution in [0.1, 0.15) is 6.42 Å². The molecule has 3 aromatic rings. The summed E-state index contributed by atoms with van der Waals surface area (Å²) in [5.74, 6) is 1.84. The van der Waals surface area contributed by atoms with Crippen molar-refractivity contribution in [3.05, 3.63) is 54.3 Å². The number of nitrogens with zero attached hydrogens (tertiary/aromatic N) is 2. The minimum absolute atomic E-state index is 0. The molecule has 1 aromatic heterocycles. The second-order valence-corrected chi connectivity index (χ2v) is 8.50. The van der Waals surface area contributed by atoms with E-state index >= 15 is 0 Å². The zero-order valence-electron chi connectivity index (χ0n) is 18.2. The van der Waals surface area contributed by atoms with E-state index in [-0.39, 0.29) is 22.6 Å². The van der Waals surface area contributed by atoms with Gasteiger partial charge in [-0.1, -0.05) is 5.39 Å². The normalized spacial score (nSPS) is 20.1. The van der Waals surface area contributed by atoms with Crippen LogP contribution in [0.4, 0.5) is 10.1 Å². The van der Waals surface area contributed by atoms with Crippen LogP contribution in [0.25, 0.3) is 22.2 Å². The smallest absolute Gasteiger partial charge is 0.119 e. The van der Waals surface area contributed by atoms with Crippen molar-refractivity contribution in [2.75, 3.05) is 51.3 Å². The summed E-state index contributed by atoms with van der Waals surface area (Å²) >= 11 is 0. The molecule has 2 aliphatic heterocycles. The van der Waals surface area contributed by atoms with Gasteiger partial charge in [0.1, 0.15) is 12.4 Å². The van der Waals surface area contributed by atoms with Gasteiger partial charge in [0.25, 0.3) is 0 Å². The van der Waals surface area contributed by atoms with Crippen molar-refractivity contribution in [1.82, 2.24) is 15.6 Å².